The van der Waals surface area contributed by atoms with E-state index in [2.05, 4.69) is 0 Å². The fourth-order valence-corrected chi connectivity index (χ4v) is 3.45. The number of hydrogen-bond donors (Lipinski definition) is 0. The maximum atomic E-state index is 12.6. The predicted octanol–water partition coefficient (Wildman–Crippen LogP) is 3.21. The van der Waals surface area contributed by atoms with Crippen LogP contribution in [0.1, 0.15) is 18.1 Å². The molecule has 0 amide bonds. The molecule has 20 heavy (non-hydrogen) atoms. The smallest absolute Gasteiger partial charge is 0.207 e. The van der Waals surface area contributed by atoms with E-state index in [0.29, 0.717) is 18.0 Å². The van der Waals surface area contributed by atoms with Crippen molar-refractivity contribution >= 4 is 10.0 Å². The fraction of sp³-hybridized carbons (Fsp3) is 0.250. The minimum absolute atomic E-state index is 0.348. The summed E-state index contributed by atoms with van der Waals surface area (Å²) < 4.78 is 26.7. The minimum Gasteiger partial charge on any atom is -0.207 e. The first-order chi connectivity index (χ1) is 9.54. The molecule has 0 aliphatic heterocycles. The first-order valence-corrected chi connectivity index (χ1v) is 8.09. The van der Waals surface area contributed by atoms with Crippen LogP contribution in [0.3, 0.4) is 0 Å². The van der Waals surface area contributed by atoms with Gasteiger partial charge in [-0.15, -0.1) is 0 Å². The zero-order valence-electron chi connectivity index (χ0n) is 11.8. The van der Waals surface area contributed by atoms with Crippen LogP contribution in [0, 0.1) is 6.92 Å². The third kappa shape index (κ3) is 3.26. The van der Waals surface area contributed by atoms with E-state index in [0.717, 1.165) is 11.1 Å². The van der Waals surface area contributed by atoms with Crippen LogP contribution >= 0.6 is 0 Å². The van der Waals surface area contributed by atoms with Gasteiger partial charge in [-0.05, 0) is 24.6 Å². The summed E-state index contributed by atoms with van der Waals surface area (Å²) >= 11 is 0. The molecule has 0 radical (unpaired) electrons. The van der Waals surface area contributed by atoms with Gasteiger partial charge in [0.15, 0.2) is 0 Å². The lowest BCUT2D eigenvalue weighted by Crippen LogP contribution is -2.30. The average Bonchev–Trinajstić information content (AvgIpc) is 2.46. The monoisotopic (exact) mass is 289 g/mol. The Labute approximate surface area is 120 Å². The molecule has 2 rings (SSSR count). The molecule has 0 fully saturated rings. The molecule has 0 saturated heterocycles. The molecule has 106 valence electrons. The Balaban J connectivity index is 2.28. The van der Waals surface area contributed by atoms with Gasteiger partial charge in [0.05, 0.1) is 4.90 Å². The Bertz CT molecular complexity index is 649. The summed E-state index contributed by atoms with van der Waals surface area (Å²) in [6, 6.07) is 16.6. The van der Waals surface area contributed by atoms with Crippen molar-refractivity contribution in [3.63, 3.8) is 0 Å². The van der Waals surface area contributed by atoms with Crippen molar-refractivity contribution in [1.29, 1.82) is 0 Å². The van der Waals surface area contributed by atoms with Crippen LogP contribution in [-0.2, 0) is 16.6 Å². The Morgan fingerprint density at radius 2 is 1.55 bits per heavy atom. The molecular weight excluding hydrogens is 270 g/mol. The summed E-state index contributed by atoms with van der Waals surface area (Å²) in [5.41, 5.74) is 2.04. The second-order valence-electron chi connectivity index (χ2n) is 4.73. The highest BCUT2D eigenvalue weighted by Gasteiger charge is 2.22. The van der Waals surface area contributed by atoms with Gasteiger partial charge in [0, 0.05) is 13.1 Å². The molecule has 0 heterocycles. The van der Waals surface area contributed by atoms with Crippen LogP contribution in [0.5, 0.6) is 0 Å². The van der Waals surface area contributed by atoms with E-state index in [1.54, 1.807) is 12.1 Å². The molecule has 0 aliphatic carbocycles. The lowest BCUT2D eigenvalue weighted by Gasteiger charge is -2.20. The maximum Gasteiger partial charge on any atom is 0.243 e. The molecule has 0 aliphatic rings. The Kier molecular flexibility index (Phi) is 4.57. The zero-order valence-corrected chi connectivity index (χ0v) is 12.6. The second kappa shape index (κ2) is 6.20. The molecule has 0 N–H and O–H groups in total. The molecule has 2 aromatic rings. The van der Waals surface area contributed by atoms with Gasteiger partial charge in [-0.3, -0.25) is 0 Å². The molecule has 0 spiro atoms. The quantitative estimate of drug-likeness (QED) is 0.847. The maximum absolute atomic E-state index is 12.6. The van der Waals surface area contributed by atoms with Crippen LogP contribution in [-0.4, -0.2) is 19.3 Å². The van der Waals surface area contributed by atoms with E-state index in [-0.39, 0.29) is 0 Å². The standard InChI is InChI=1S/C16H19NO2S/c1-3-17(13-15-7-5-4-6-8-15)20(18,19)16-11-9-14(2)10-12-16/h4-12H,3,13H2,1-2H3. The molecule has 0 atom stereocenters. The van der Waals surface area contributed by atoms with E-state index < -0.39 is 10.0 Å². The summed E-state index contributed by atoms with van der Waals surface area (Å²) in [6.07, 6.45) is 0. The molecule has 0 saturated carbocycles. The Hall–Kier alpha value is -1.65. The number of benzene rings is 2. The van der Waals surface area contributed by atoms with Crippen molar-refractivity contribution < 1.29 is 8.42 Å². The molecule has 4 heteroatoms. The largest absolute Gasteiger partial charge is 0.243 e. The first-order valence-electron chi connectivity index (χ1n) is 6.65. The summed E-state index contributed by atoms with van der Waals surface area (Å²) in [5, 5.41) is 0. The second-order valence-corrected chi connectivity index (χ2v) is 6.67. The van der Waals surface area contributed by atoms with E-state index in [4.69, 9.17) is 0 Å². The highest BCUT2D eigenvalue weighted by atomic mass is 32.2. The topological polar surface area (TPSA) is 37.4 Å². The van der Waals surface area contributed by atoms with Crippen LogP contribution in [0.2, 0.25) is 0 Å². The van der Waals surface area contributed by atoms with Gasteiger partial charge in [0.1, 0.15) is 0 Å². The summed E-state index contributed by atoms with van der Waals surface area (Å²) in [4.78, 5) is 0.348. The van der Waals surface area contributed by atoms with Gasteiger partial charge in [-0.1, -0.05) is 55.0 Å². The summed E-state index contributed by atoms with van der Waals surface area (Å²) in [7, 11) is -3.43. The number of rotatable bonds is 5. The van der Waals surface area contributed by atoms with E-state index >= 15 is 0 Å². The van der Waals surface area contributed by atoms with Gasteiger partial charge in [0.25, 0.3) is 0 Å². The van der Waals surface area contributed by atoms with Crippen molar-refractivity contribution in [2.45, 2.75) is 25.3 Å². The molecular formula is C16H19NO2S. The Morgan fingerprint density at radius 3 is 2.10 bits per heavy atom. The molecule has 0 unspecified atom stereocenters. The normalized spacial score (nSPS) is 11.8. The van der Waals surface area contributed by atoms with E-state index in [9.17, 15) is 8.42 Å². The molecule has 2 aromatic carbocycles. The van der Waals surface area contributed by atoms with Crippen LogP contribution in [0.15, 0.2) is 59.5 Å². The van der Waals surface area contributed by atoms with Crippen molar-refractivity contribution in [2.24, 2.45) is 0 Å². The fourth-order valence-electron chi connectivity index (χ4n) is 2.01. The molecule has 3 nitrogen and oxygen atoms in total. The van der Waals surface area contributed by atoms with Crippen molar-refractivity contribution in [3.05, 3.63) is 65.7 Å². The van der Waals surface area contributed by atoms with Crippen LogP contribution in [0.4, 0.5) is 0 Å². The van der Waals surface area contributed by atoms with Crippen molar-refractivity contribution in [1.82, 2.24) is 4.31 Å². The number of nitrogens with zero attached hydrogens (tertiary/aromatic N) is 1. The van der Waals surface area contributed by atoms with Gasteiger partial charge in [-0.2, -0.15) is 4.31 Å². The van der Waals surface area contributed by atoms with Gasteiger partial charge < -0.3 is 0 Å². The zero-order chi connectivity index (χ0) is 14.6. The van der Waals surface area contributed by atoms with Crippen molar-refractivity contribution in [2.75, 3.05) is 6.54 Å². The van der Waals surface area contributed by atoms with Crippen LogP contribution in [0.25, 0.3) is 0 Å². The lowest BCUT2D eigenvalue weighted by molar-refractivity contribution is 0.423. The average molecular weight is 289 g/mol. The summed E-state index contributed by atoms with van der Waals surface area (Å²) in [6.45, 7) is 4.64. The SMILES string of the molecule is CCN(Cc1ccccc1)S(=O)(=O)c1ccc(C)cc1. The minimum atomic E-state index is -3.43. The number of aryl methyl sites for hydroxylation is 1. The predicted molar refractivity (Wildman–Crippen MR) is 80.9 cm³/mol. The van der Waals surface area contributed by atoms with Crippen LogP contribution < -0.4 is 0 Å². The highest BCUT2D eigenvalue weighted by molar-refractivity contribution is 7.89. The van der Waals surface area contributed by atoms with Crippen molar-refractivity contribution in [3.8, 4) is 0 Å². The first kappa shape index (κ1) is 14.8. The van der Waals surface area contributed by atoms with Gasteiger partial charge in [0.2, 0.25) is 10.0 Å². The Morgan fingerprint density at radius 1 is 0.950 bits per heavy atom. The third-order valence-corrected chi connectivity index (χ3v) is 5.15. The molecule has 0 aromatic heterocycles. The summed E-state index contributed by atoms with van der Waals surface area (Å²) in [5.74, 6) is 0. The van der Waals surface area contributed by atoms with E-state index in [1.165, 1.54) is 4.31 Å². The van der Waals surface area contributed by atoms with Gasteiger partial charge in [-0.25, -0.2) is 8.42 Å². The molecule has 0 bridgehead atoms. The third-order valence-electron chi connectivity index (χ3n) is 3.21. The number of hydrogen-bond acceptors (Lipinski definition) is 2. The van der Waals surface area contributed by atoms with E-state index in [1.807, 2.05) is 56.3 Å². The lowest BCUT2D eigenvalue weighted by atomic mass is 10.2. The highest BCUT2D eigenvalue weighted by Crippen LogP contribution is 2.18. The number of sulfonamides is 1. The van der Waals surface area contributed by atoms with Gasteiger partial charge >= 0.3 is 0 Å².